The van der Waals surface area contributed by atoms with Gasteiger partial charge in [0.15, 0.2) is 0 Å². The average molecular weight is 146 g/mol. The predicted octanol–water partition coefficient (Wildman–Crippen LogP) is 1.06. The number of unbranched alkanes of at least 4 members (excludes halogenated alkanes) is 1. The Morgan fingerprint density at radius 2 is 2.30 bits per heavy atom. The molecule has 0 aliphatic heterocycles. The van der Waals surface area contributed by atoms with Gasteiger partial charge in [0.05, 0.1) is 0 Å². The van der Waals surface area contributed by atoms with Gasteiger partial charge < -0.3 is 9.84 Å². The average Bonchev–Trinajstić information content (AvgIpc) is 1.82. The van der Waals surface area contributed by atoms with Crippen LogP contribution in [0.3, 0.4) is 0 Å². The van der Waals surface area contributed by atoms with Crippen molar-refractivity contribution in [3.05, 3.63) is 0 Å². The van der Waals surface area contributed by atoms with Crippen molar-refractivity contribution < 1.29 is 14.6 Å². The van der Waals surface area contributed by atoms with E-state index in [9.17, 15) is 4.79 Å². The number of esters is 1. The smallest absolute Gasteiger partial charge is 0.304 e. The van der Waals surface area contributed by atoms with Gasteiger partial charge >= 0.3 is 5.97 Å². The molecule has 3 nitrogen and oxygen atoms in total. The van der Waals surface area contributed by atoms with Crippen LogP contribution in [0.15, 0.2) is 0 Å². The fourth-order valence-electron chi connectivity index (χ4n) is 0.629. The summed E-state index contributed by atoms with van der Waals surface area (Å²) in [5.41, 5.74) is 0. The van der Waals surface area contributed by atoms with Crippen LogP contribution in [0.2, 0.25) is 0 Å². The third-order valence-corrected chi connectivity index (χ3v) is 1.11. The summed E-state index contributed by atoms with van der Waals surface area (Å²) in [6.07, 6.45) is 1.51. The largest absolute Gasteiger partial charge is 0.436 e. The van der Waals surface area contributed by atoms with Crippen molar-refractivity contribution in [1.82, 2.24) is 0 Å². The lowest BCUT2D eigenvalue weighted by Gasteiger charge is -2.08. The Balaban J connectivity index is 3.25. The molecule has 0 aromatic rings. The highest BCUT2D eigenvalue weighted by Crippen LogP contribution is 2.01. The molecule has 0 saturated heterocycles. The first-order chi connectivity index (χ1) is 4.66. The molecule has 0 aliphatic carbocycles. The van der Waals surface area contributed by atoms with Gasteiger partial charge in [0.1, 0.15) is 0 Å². The van der Waals surface area contributed by atoms with Crippen LogP contribution in [0.5, 0.6) is 0 Å². The SMILES string of the molecule is CCCCC(O)OC(C)=O. The molecule has 0 heterocycles. The summed E-state index contributed by atoms with van der Waals surface area (Å²) in [6.45, 7) is 3.30. The summed E-state index contributed by atoms with van der Waals surface area (Å²) in [6, 6.07) is 0. The molecule has 0 radical (unpaired) electrons. The third kappa shape index (κ3) is 5.56. The quantitative estimate of drug-likeness (QED) is 0.476. The molecule has 10 heavy (non-hydrogen) atoms. The normalized spacial score (nSPS) is 12.7. The number of aliphatic hydroxyl groups is 1. The molecule has 0 aliphatic rings. The summed E-state index contributed by atoms with van der Waals surface area (Å²) in [5.74, 6) is -0.427. The van der Waals surface area contributed by atoms with E-state index in [0.29, 0.717) is 6.42 Å². The van der Waals surface area contributed by atoms with E-state index >= 15 is 0 Å². The van der Waals surface area contributed by atoms with Gasteiger partial charge in [-0.05, 0) is 6.42 Å². The van der Waals surface area contributed by atoms with Gasteiger partial charge in [-0.3, -0.25) is 4.79 Å². The molecule has 3 heteroatoms. The summed E-state index contributed by atoms with van der Waals surface area (Å²) < 4.78 is 4.47. The zero-order valence-electron chi connectivity index (χ0n) is 6.46. The Bertz CT molecular complexity index is 101. The van der Waals surface area contributed by atoms with E-state index in [1.165, 1.54) is 6.92 Å². The molecule has 0 bridgehead atoms. The zero-order chi connectivity index (χ0) is 7.98. The predicted molar refractivity (Wildman–Crippen MR) is 37.3 cm³/mol. The Morgan fingerprint density at radius 1 is 1.70 bits per heavy atom. The van der Waals surface area contributed by atoms with Gasteiger partial charge in [-0.15, -0.1) is 0 Å². The maximum absolute atomic E-state index is 10.2. The van der Waals surface area contributed by atoms with Crippen molar-refractivity contribution >= 4 is 5.97 Å². The fourth-order valence-corrected chi connectivity index (χ4v) is 0.629. The molecule has 0 aromatic heterocycles. The summed E-state index contributed by atoms with van der Waals surface area (Å²) in [5, 5.41) is 8.91. The van der Waals surface area contributed by atoms with Crippen LogP contribution in [-0.2, 0) is 9.53 Å². The van der Waals surface area contributed by atoms with Crippen LogP contribution in [0, 0.1) is 0 Å². The molecule has 0 rings (SSSR count). The molecule has 60 valence electrons. The van der Waals surface area contributed by atoms with E-state index in [1.54, 1.807) is 0 Å². The van der Waals surface area contributed by atoms with Gasteiger partial charge in [0.25, 0.3) is 0 Å². The van der Waals surface area contributed by atoms with Crippen LogP contribution in [-0.4, -0.2) is 17.4 Å². The maximum Gasteiger partial charge on any atom is 0.304 e. The van der Waals surface area contributed by atoms with Gasteiger partial charge in [-0.2, -0.15) is 0 Å². The Kier molecular flexibility index (Phi) is 4.94. The molecule has 0 spiro atoms. The van der Waals surface area contributed by atoms with Crippen molar-refractivity contribution in [1.29, 1.82) is 0 Å². The van der Waals surface area contributed by atoms with Gasteiger partial charge in [-0.25, -0.2) is 0 Å². The second kappa shape index (κ2) is 5.23. The van der Waals surface area contributed by atoms with Crippen molar-refractivity contribution in [3.63, 3.8) is 0 Å². The van der Waals surface area contributed by atoms with Gasteiger partial charge in [-0.1, -0.05) is 13.3 Å². The van der Waals surface area contributed by atoms with E-state index < -0.39 is 12.3 Å². The van der Waals surface area contributed by atoms with E-state index in [-0.39, 0.29) is 0 Å². The van der Waals surface area contributed by atoms with Crippen LogP contribution in [0.1, 0.15) is 33.1 Å². The summed E-state index contributed by atoms with van der Waals surface area (Å²) >= 11 is 0. The minimum Gasteiger partial charge on any atom is -0.436 e. The minimum absolute atomic E-state index is 0.427. The highest BCUT2D eigenvalue weighted by molar-refractivity contribution is 5.65. The molecule has 1 N–H and O–H groups in total. The lowest BCUT2D eigenvalue weighted by atomic mass is 10.2. The second-order valence-corrected chi connectivity index (χ2v) is 2.21. The molecule has 0 aromatic carbocycles. The monoisotopic (exact) mass is 146 g/mol. The van der Waals surface area contributed by atoms with Crippen LogP contribution in [0.4, 0.5) is 0 Å². The number of hydrogen-bond acceptors (Lipinski definition) is 3. The number of aliphatic hydroxyl groups excluding tert-OH is 1. The van der Waals surface area contributed by atoms with Crippen molar-refractivity contribution in [2.45, 2.75) is 39.4 Å². The van der Waals surface area contributed by atoms with Crippen LogP contribution in [0.25, 0.3) is 0 Å². The Labute approximate surface area is 61.0 Å². The van der Waals surface area contributed by atoms with E-state index in [1.807, 2.05) is 6.92 Å². The molecule has 0 saturated carbocycles. The topological polar surface area (TPSA) is 46.5 Å². The standard InChI is InChI=1S/C7H14O3/c1-3-4-5-7(9)10-6(2)8/h7,9H,3-5H2,1-2H3. The lowest BCUT2D eigenvalue weighted by molar-refractivity contribution is -0.165. The van der Waals surface area contributed by atoms with E-state index in [2.05, 4.69) is 4.74 Å². The van der Waals surface area contributed by atoms with Crippen LogP contribution < -0.4 is 0 Å². The fraction of sp³-hybridized carbons (Fsp3) is 0.857. The van der Waals surface area contributed by atoms with Gasteiger partial charge in [0, 0.05) is 13.3 Å². The van der Waals surface area contributed by atoms with Crippen LogP contribution >= 0.6 is 0 Å². The number of carbonyl (C=O) groups excluding carboxylic acids is 1. The highest BCUT2D eigenvalue weighted by Gasteiger charge is 2.04. The zero-order valence-corrected chi connectivity index (χ0v) is 6.46. The minimum atomic E-state index is -0.905. The number of rotatable bonds is 4. The van der Waals surface area contributed by atoms with Crippen molar-refractivity contribution in [2.24, 2.45) is 0 Å². The van der Waals surface area contributed by atoms with Crippen molar-refractivity contribution in [2.75, 3.05) is 0 Å². The molecular formula is C7H14O3. The van der Waals surface area contributed by atoms with Gasteiger partial charge in [0.2, 0.25) is 6.29 Å². The molecule has 0 fully saturated rings. The maximum atomic E-state index is 10.2. The van der Waals surface area contributed by atoms with Crippen molar-refractivity contribution in [3.8, 4) is 0 Å². The molecular weight excluding hydrogens is 132 g/mol. The first-order valence-corrected chi connectivity index (χ1v) is 3.52. The van der Waals surface area contributed by atoms with E-state index in [4.69, 9.17) is 5.11 Å². The molecule has 1 unspecified atom stereocenters. The third-order valence-electron chi connectivity index (χ3n) is 1.11. The number of carbonyl (C=O) groups is 1. The summed E-state index contributed by atoms with van der Waals surface area (Å²) in [4.78, 5) is 10.2. The Hall–Kier alpha value is -0.570. The molecule has 1 atom stereocenters. The first kappa shape index (κ1) is 9.43. The van der Waals surface area contributed by atoms with E-state index in [0.717, 1.165) is 12.8 Å². The number of ether oxygens (including phenoxy) is 1. The summed E-state index contributed by atoms with van der Waals surface area (Å²) in [7, 11) is 0. The highest BCUT2D eigenvalue weighted by atomic mass is 16.6. The molecule has 0 amide bonds. The first-order valence-electron chi connectivity index (χ1n) is 3.52. The lowest BCUT2D eigenvalue weighted by Crippen LogP contribution is -2.14. The second-order valence-electron chi connectivity index (χ2n) is 2.21. The number of hydrogen-bond donors (Lipinski definition) is 1. The Morgan fingerprint density at radius 3 is 2.70 bits per heavy atom.